The summed E-state index contributed by atoms with van der Waals surface area (Å²) in [5.41, 5.74) is 0. The van der Waals surface area contributed by atoms with E-state index in [1.54, 1.807) is 11.8 Å². The summed E-state index contributed by atoms with van der Waals surface area (Å²) in [4.78, 5) is 10.1. The second kappa shape index (κ2) is 4.62. The highest BCUT2D eigenvalue weighted by Gasteiger charge is 2.14. The van der Waals surface area contributed by atoms with Crippen LogP contribution in [-0.2, 0) is 4.79 Å². The Hall–Kier alpha value is -0.220. The number of aliphatic carboxylic acids is 1. The highest BCUT2D eigenvalue weighted by atomic mass is 32.2. The van der Waals surface area contributed by atoms with Gasteiger partial charge in [0.05, 0.1) is 6.42 Å². The van der Waals surface area contributed by atoms with Gasteiger partial charge in [0.15, 0.2) is 0 Å². The lowest BCUT2D eigenvalue weighted by Crippen LogP contribution is -2.11. The minimum atomic E-state index is -0.691. The van der Waals surface area contributed by atoms with Crippen LogP contribution in [0.4, 0.5) is 0 Å². The summed E-state index contributed by atoms with van der Waals surface area (Å²) in [6.45, 7) is 2.13. The van der Waals surface area contributed by atoms with Crippen molar-refractivity contribution >= 4 is 17.7 Å². The van der Waals surface area contributed by atoms with Crippen LogP contribution in [0, 0.1) is 0 Å². The maximum atomic E-state index is 10.1. The average Bonchev–Trinajstić information content (AvgIpc) is 2.39. The zero-order valence-corrected chi connectivity index (χ0v) is 7.19. The van der Waals surface area contributed by atoms with Crippen LogP contribution in [0.15, 0.2) is 0 Å². The second-order valence-electron chi connectivity index (χ2n) is 2.63. The first-order chi connectivity index (χ1) is 5.29. The Balaban J connectivity index is 1.98. The van der Waals surface area contributed by atoms with Gasteiger partial charge in [-0.3, -0.25) is 4.79 Å². The predicted octanol–water partition coefficient (Wildman–Crippen LogP) is 0.556. The van der Waals surface area contributed by atoms with Crippen molar-refractivity contribution < 1.29 is 9.90 Å². The standard InChI is InChI=1S/C7H13NO2S/c9-7(10)2-4-11-6-1-3-8-5-6/h6,8H,1-5H2,(H,9,10). The summed E-state index contributed by atoms with van der Waals surface area (Å²) in [6.07, 6.45) is 1.48. The SMILES string of the molecule is O=C(O)CCSC1CCNC1. The molecule has 64 valence electrons. The Morgan fingerprint density at radius 1 is 1.73 bits per heavy atom. The molecule has 0 aliphatic carbocycles. The minimum absolute atomic E-state index is 0.293. The molecule has 1 aliphatic heterocycles. The van der Waals surface area contributed by atoms with Gasteiger partial charge in [-0.1, -0.05) is 0 Å². The molecule has 1 rings (SSSR count). The molecule has 4 heteroatoms. The molecule has 0 amide bonds. The van der Waals surface area contributed by atoms with Gasteiger partial charge in [0.1, 0.15) is 0 Å². The predicted molar refractivity (Wildman–Crippen MR) is 46.0 cm³/mol. The summed E-state index contributed by atoms with van der Waals surface area (Å²) in [7, 11) is 0. The van der Waals surface area contributed by atoms with E-state index in [0.29, 0.717) is 11.7 Å². The molecule has 1 saturated heterocycles. The molecule has 1 unspecified atom stereocenters. The number of nitrogens with one attached hydrogen (secondary N) is 1. The van der Waals surface area contributed by atoms with Crippen LogP contribution in [0.3, 0.4) is 0 Å². The number of carbonyl (C=O) groups is 1. The topological polar surface area (TPSA) is 49.3 Å². The number of carboxylic acids is 1. The van der Waals surface area contributed by atoms with E-state index in [2.05, 4.69) is 5.32 Å². The van der Waals surface area contributed by atoms with Gasteiger partial charge in [0.25, 0.3) is 0 Å². The van der Waals surface area contributed by atoms with Crippen molar-refractivity contribution in [1.82, 2.24) is 5.32 Å². The molecule has 11 heavy (non-hydrogen) atoms. The lowest BCUT2D eigenvalue weighted by atomic mass is 10.4. The summed E-state index contributed by atoms with van der Waals surface area (Å²) >= 11 is 1.77. The zero-order chi connectivity index (χ0) is 8.10. The van der Waals surface area contributed by atoms with Crippen molar-refractivity contribution in [3.63, 3.8) is 0 Å². The van der Waals surface area contributed by atoms with Crippen molar-refractivity contribution in [3.05, 3.63) is 0 Å². The number of hydrogen-bond acceptors (Lipinski definition) is 3. The molecular formula is C7H13NO2S. The number of carboxylic acid groups (broad SMARTS) is 1. The van der Waals surface area contributed by atoms with E-state index < -0.39 is 5.97 Å². The molecule has 0 aromatic rings. The van der Waals surface area contributed by atoms with Crippen molar-refractivity contribution in [2.75, 3.05) is 18.8 Å². The van der Waals surface area contributed by atoms with Crippen LogP contribution in [0.1, 0.15) is 12.8 Å². The molecule has 0 aromatic heterocycles. The molecule has 3 nitrogen and oxygen atoms in total. The lowest BCUT2D eigenvalue weighted by molar-refractivity contribution is -0.136. The maximum absolute atomic E-state index is 10.1. The van der Waals surface area contributed by atoms with Crippen LogP contribution < -0.4 is 5.32 Å². The normalized spacial score (nSPS) is 23.8. The maximum Gasteiger partial charge on any atom is 0.304 e. The van der Waals surface area contributed by atoms with Crippen molar-refractivity contribution in [2.45, 2.75) is 18.1 Å². The Bertz CT molecular complexity index is 134. The van der Waals surface area contributed by atoms with Crippen LogP contribution >= 0.6 is 11.8 Å². The molecule has 0 radical (unpaired) electrons. The van der Waals surface area contributed by atoms with Crippen molar-refractivity contribution in [1.29, 1.82) is 0 Å². The van der Waals surface area contributed by atoms with Gasteiger partial charge in [-0.2, -0.15) is 11.8 Å². The Labute approximate surface area is 70.6 Å². The first kappa shape index (κ1) is 8.87. The Morgan fingerprint density at radius 2 is 2.55 bits per heavy atom. The van der Waals surface area contributed by atoms with Crippen molar-refractivity contribution in [3.8, 4) is 0 Å². The molecule has 0 aromatic carbocycles. The highest BCUT2D eigenvalue weighted by molar-refractivity contribution is 7.99. The fraction of sp³-hybridized carbons (Fsp3) is 0.857. The summed E-state index contributed by atoms with van der Waals surface area (Å²) in [5, 5.41) is 12.2. The summed E-state index contributed by atoms with van der Waals surface area (Å²) in [6, 6.07) is 0. The van der Waals surface area contributed by atoms with E-state index in [1.165, 1.54) is 6.42 Å². The fourth-order valence-electron chi connectivity index (χ4n) is 1.08. The third kappa shape index (κ3) is 3.62. The smallest absolute Gasteiger partial charge is 0.304 e. The molecule has 0 spiro atoms. The van der Waals surface area contributed by atoms with E-state index in [1.807, 2.05) is 0 Å². The molecule has 0 bridgehead atoms. The summed E-state index contributed by atoms with van der Waals surface area (Å²) in [5.74, 6) is 0.0604. The molecular weight excluding hydrogens is 162 g/mol. The molecule has 1 heterocycles. The minimum Gasteiger partial charge on any atom is -0.481 e. The third-order valence-corrected chi connectivity index (χ3v) is 3.00. The molecule has 1 atom stereocenters. The van der Waals surface area contributed by atoms with Gasteiger partial charge >= 0.3 is 5.97 Å². The third-order valence-electron chi connectivity index (χ3n) is 1.68. The molecule has 1 fully saturated rings. The quantitative estimate of drug-likeness (QED) is 0.655. The molecule has 0 saturated carbocycles. The number of rotatable bonds is 4. The fourth-order valence-corrected chi connectivity index (χ4v) is 2.23. The first-order valence-electron chi connectivity index (χ1n) is 3.83. The average molecular weight is 175 g/mol. The van der Waals surface area contributed by atoms with Crippen molar-refractivity contribution in [2.24, 2.45) is 0 Å². The van der Waals surface area contributed by atoms with Crippen LogP contribution in [-0.4, -0.2) is 35.2 Å². The Morgan fingerprint density at radius 3 is 3.09 bits per heavy atom. The van der Waals surface area contributed by atoms with E-state index >= 15 is 0 Å². The van der Waals surface area contributed by atoms with E-state index in [0.717, 1.165) is 18.8 Å². The number of hydrogen-bond donors (Lipinski definition) is 2. The van der Waals surface area contributed by atoms with Gasteiger partial charge in [0.2, 0.25) is 0 Å². The van der Waals surface area contributed by atoms with Crippen LogP contribution in [0.25, 0.3) is 0 Å². The molecule has 1 aliphatic rings. The second-order valence-corrected chi connectivity index (χ2v) is 4.04. The van der Waals surface area contributed by atoms with E-state index in [9.17, 15) is 4.79 Å². The van der Waals surface area contributed by atoms with E-state index in [-0.39, 0.29) is 0 Å². The highest BCUT2D eigenvalue weighted by Crippen LogP contribution is 2.17. The largest absolute Gasteiger partial charge is 0.481 e. The zero-order valence-electron chi connectivity index (χ0n) is 6.38. The van der Waals surface area contributed by atoms with Gasteiger partial charge in [-0.15, -0.1) is 0 Å². The van der Waals surface area contributed by atoms with E-state index in [4.69, 9.17) is 5.11 Å². The molecule has 2 N–H and O–H groups in total. The monoisotopic (exact) mass is 175 g/mol. The van der Waals surface area contributed by atoms with Gasteiger partial charge in [-0.25, -0.2) is 0 Å². The van der Waals surface area contributed by atoms with Gasteiger partial charge in [0, 0.05) is 17.5 Å². The lowest BCUT2D eigenvalue weighted by Gasteiger charge is -2.04. The number of thioether (sulfide) groups is 1. The Kier molecular flexibility index (Phi) is 3.72. The van der Waals surface area contributed by atoms with Gasteiger partial charge in [-0.05, 0) is 13.0 Å². The summed E-state index contributed by atoms with van der Waals surface area (Å²) < 4.78 is 0. The first-order valence-corrected chi connectivity index (χ1v) is 4.88. The van der Waals surface area contributed by atoms with Crippen LogP contribution in [0.2, 0.25) is 0 Å². The van der Waals surface area contributed by atoms with Crippen LogP contribution in [0.5, 0.6) is 0 Å². The van der Waals surface area contributed by atoms with Gasteiger partial charge < -0.3 is 10.4 Å².